The van der Waals surface area contributed by atoms with Gasteiger partial charge < -0.3 is 10.2 Å². The maximum absolute atomic E-state index is 5.75. The SMILES string of the molecule is C=NNCCOc1ccc(/C(=C(/CC)c2ccccc2)c2ccccc2)cc1. The zero-order valence-electron chi connectivity index (χ0n) is 16.3. The lowest BCUT2D eigenvalue weighted by atomic mass is 9.88. The molecule has 0 atom stereocenters. The second-order valence-electron chi connectivity index (χ2n) is 6.38. The predicted octanol–water partition coefficient (Wildman–Crippen LogP) is 5.64. The minimum Gasteiger partial charge on any atom is -0.492 e. The smallest absolute Gasteiger partial charge is 0.119 e. The summed E-state index contributed by atoms with van der Waals surface area (Å²) in [6.07, 6.45) is 0.951. The van der Waals surface area contributed by atoms with E-state index < -0.39 is 0 Å². The van der Waals surface area contributed by atoms with Crippen LogP contribution in [0.5, 0.6) is 5.75 Å². The summed E-state index contributed by atoms with van der Waals surface area (Å²) in [5.74, 6) is 0.847. The van der Waals surface area contributed by atoms with Gasteiger partial charge in [0.2, 0.25) is 0 Å². The fourth-order valence-corrected chi connectivity index (χ4v) is 3.30. The highest BCUT2D eigenvalue weighted by Gasteiger charge is 2.12. The largest absolute Gasteiger partial charge is 0.492 e. The predicted molar refractivity (Wildman–Crippen MR) is 119 cm³/mol. The van der Waals surface area contributed by atoms with E-state index in [0.29, 0.717) is 13.2 Å². The minimum absolute atomic E-state index is 0.546. The van der Waals surface area contributed by atoms with Crippen molar-refractivity contribution in [2.45, 2.75) is 13.3 Å². The normalized spacial score (nSPS) is 11.5. The number of nitrogens with one attached hydrogen (secondary N) is 1. The first kappa shape index (κ1) is 19.4. The van der Waals surface area contributed by atoms with Crippen molar-refractivity contribution in [3.63, 3.8) is 0 Å². The number of hydrazone groups is 1. The molecule has 0 aliphatic rings. The molecule has 3 rings (SSSR count). The topological polar surface area (TPSA) is 33.6 Å². The number of benzene rings is 3. The molecule has 28 heavy (non-hydrogen) atoms. The van der Waals surface area contributed by atoms with E-state index in [0.717, 1.165) is 12.2 Å². The van der Waals surface area contributed by atoms with E-state index in [1.807, 2.05) is 12.1 Å². The van der Waals surface area contributed by atoms with Crippen LogP contribution < -0.4 is 10.2 Å². The van der Waals surface area contributed by atoms with Gasteiger partial charge in [0.15, 0.2) is 0 Å². The van der Waals surface area contributed by atoms with Crippen LogP contribution in [-0.2, 0) is 0 Å². The molecule has 3 heteroatoms. The molecule has 0 heterocycles. The molecular weight excluding hydrogens is 344 g/mol. The van der Waals surface area contributed by atoms with Crippen molar-refractivity contribution >= 4 is 17.9 Å². The summed E-state index contributed by atoms with van der Waals surface area (Å²) in [6, 6.07) is 29.5. The number of ether oxygens (including phenoxy) is 1. The third-order valence-corrected chi connectivity index (χ3v) is 4.58. The molecule has 0 radical (unpaired) electrons. The maximum Gasteiger partial charge on any atom is 0.119 e. The van der Waals surface area contributed by atoms with Crippen molar-refractivity contribution in [3.05, 3.63) is 102 Å². The van der Waals surface area contributed by atoms with E-state index in [2.05, 4.69) is 97.0 Å². The van der Waals surface area contributed by atoms with Crippen molar-refractivity contribution in [1.29, 1.82) is 0 Å². The van der Waals surface area contributed by atoms with Gasteiger partial charge in [-0.1, -0.05) is 79.7 Å². The van der Waals surface area contributed by atoms with Gasteiger partial charge in [0.25, 0.3) is 0 Å². The molecule has 0 saturated heterocycles. The monoisotopic (exact) mass is 370 g/mol. The third-order valence-electron chi connectivity index (χ3n) is 4.58. The van der Waals surface area contributed by atoms with Crippen molar-refractivity contribution in [1.82, 2.24) is 5.43 Å². The number of allylic oxidation sites excluding steroid dienone is 1. The maximum atomic E-state index is 5.75. The van der Waals surface area contributed by atoms with Crippen LogP contribution in [0, 0.1) is 0 Å². The molecule has 3 aromatic rings. The molecule has 0 fully saturated rings. The lowest BCUT2D eigenvalue weighted by Crippen LogP contribution is -2.15. The van der Waals surface area contributed by atoms with Crippen molar-refractivity contribution in [3.8, 4) is 5.75 Å². The molecule has 0 saturated carbocycles. The summed E-state index contributed by atoms with van der Waals surface area (Å²) in [4.78, 5) is 0. The van der Waals surface area contributed by atoms with E-state index in [1.54, 1.807) is 0 Å². The highest BCUT2D eigenvalue weighted by atomic mass is 16.5. The Morgan fingerprint density at radius 1 is 0.821 bits per heavy atom. The summed E-state index contributed by atoms with van der Waals surface area (Å²) in [5.41, 5.74) is 9.05. The van der Waals surface area contributed by atoms with Crippen molar-refractivity contribution < 1.29 is 4.74 Å². The Bertz CT molecular complexity index is 900. The second kappa shape index (κ2) is 10.1. The molecule has 0 aliphatic heterocycles. The minimum atomic E-state index is 0.546. The fraction of sp³-hybridized carbons (Fsp3) is 0.160. The molecule has 1 N–H and O–H groups in total. The summed E-state index contributed by atoms with van der Waals surface area (Å²) < 4.78 is 5.75. The lowest BCUT2D eigenvalue weighted by Gasteiger charge is -2.17. The van der Waals surface area contributed by atoms with Crippen LogP contribution in [0.15, 0.2) is 90.0 Å². The Morgan fingerprint density at radius 2 is 1.39 bits per heavy atom. The van der Waals surface area contributed by atoms with Crippen LogP contribution in [0.2, 0.25) is 0 Å². The van der Waals surface area contributed by atoms with Crippen LogP contribution in [0.4, 0.5) is 0 Å². The van der Waals surface area contributed by atoms with Gasteiger partial charge in [0.1, 0.15) is 12.4 Å². The van der Waals surface area contributed by atoms with Gasteiger partial charge in [-0.3, -0.25) is 0 Å². The molecule has 3 aromatic carbocycles. The van der Waals surface area contributed by atoms with E-state index in [-0.39, 0.29) is 0 Å². The molecule has 3 nitrogen and oxygen atoms in total. The first-order valence-electron chi connectivity index (χ1n) is 9.59. The number of hydrogen-bond donors (Lipinski definition) is 1. The van der Waals surface area contributed by atoms with E-state index >= 15 is 0 Å². The summed E-state index contributed by atoms with van der Waals surface area (Å²) in [7, 11) is 0. The van der Waals surface area contributed by atoms with Crippen LogP contribution in [-0.4, -0.2) is 19.9 Å². The first-order valence-corrected chi connectivity index (χ1v) is 9.59. The lowest BCUT2D eigenvalue weighted by molar-refractivity contribution is 0.315. The second-order valence-corrected chi connectivity index (χ2v) is 6.38. The molecule has 0 spiro atoms. The Morgan fingerprint density at radius 3 is 1.96 bits per heavy atom. The molecular formula is C25H26N2O. The Labute approximate surface area is 167 Å². The van der Waals surface area contributed by atoms with Gasteiger partial charge in [-0.15, -0.1) is 0 Å². The molecule has 0 unspecified atom stereocenters. The Kier molecular flexibility index (Phi) is 7.02. The third kappa shape index (κ3) is 4.89. The summed E-state index contributed by atoms with van der Waals surface area (Å²) >= 11 is 0. The average Bonchev–Trinajstić information content (AvgIpc) is 2.77. The van der Waals surface area contributed by atoms with Crippen molar-refractivity contribution in [2.75, 3.05) is 13.2 Å². The van der Waals surface area contributed by atoms with Gasteiger partial charge in [0.05, 0.1) is 6.54 Å². The van der Waals surface area contributed by atoms with E-state index in [1.165, 1.54) is 27.8 Å². The zero-order chi connectivity index (χ0) is 19.6. The fourth-order valence-electron chi connectivity index (χ4n) is 3.30. The van der Waals surface area contributed by atoms with Gasteiger partial charge in [-0.25, -0.2) is 0 Å². The zero-order valence-corrected chi connectivity index (χ0v) is 16.3. The van der Waals surface area contributed by atoms with Crippen LogP contribution >= 0.6 is 0 Å². The molecule has 142 valence electrons. The van der Waals surface area contributed by atoms with Crippen molar-refractivity contribution in [2.24, 2.45) is 5.10 Å². The van der Waals surface area contributed by atoms with Crippen LogP contribution in [0.1, 0.15) is 30.0 Å². The molecule has 0 bridgehead atoms. The Hall–Kier alpha value is -3.33. The number of nitrogens with zero attached hydrogens (tertiary/aromatic N) is 1. The highest BCUT2D eigenvalue weighted by molar-refractivity contribution is 5.98. The Balaban J connectivity index is 1.98. The van der Waals surface area contributed by atoms with E-state index in [9.17, 15) is 0 Å². The van der Waals surface area contributed by atoms with Gasteiger partial charge in [0, 0.05) is 6.72 Å². The van der Waals surface area contributed by atoms with Gasteiger partial charge >= 0.3 is 0 Å². The van der Waals surface area contributed by atoms with Crippen LogP contribution in [0.25, 0.3) is 11.1 Å². The first-order chi connectivity index (χ1) is 13.8. The number of hydrogen-bond acceptors (Lipinski definition) is 3. The van der Waals surface area contributed by atoms with Gasteiger partial charge in [-0.2, -0.15) is 5.10 Å². The molecule has 0 aliphatic carbocycles. The van der Waals surface area contributed by atoms with Crippen LogP contribution in [0.3, 0.4) is 0 Å². The highest BCUT2D eigenvalue weighted by Crippen LogP contribution is 2.34. The van der Waals surface area contributed by atoms with Gasteiger partial charge in [-0.05, 0) is 46.4 Å². The standard InChI is InChI=1S/C25H26N2O/c1-3-24(20-10-6-4-7-11-20)25(21-12-8-5-9-13-21)22-14-16-23(17-15-22)28-19-18-27-26-2/h4-17,27H,2-3,18-19H2,1H3/b25-24-. The number of rotatable bonds is 9. The average molecular weight is 370 g/mol. The quantitative estimate of drug-likeness (QED) is 0.229. The van der Waals surface area contributed by atoms with E-state index in [4.69, 9.17) is 4.74 Å². The molecule has 0 aromatic heterocycles. The molecule has 0 amide bonds. The summed E-state index contributed by atoms with van der Waals surface area (Å²) in [5, 5.41) is 3.61. The summed E-state index contributed by atoms with van der Waals surface area (Å²) in [6.45, 7) is 6.78.